The van der Waals surface area contributed by atoms with Crippen LogP contribution in [0.5, 0.6) is 0 Å². The molecule has 0 amide bonds. The van der Waals surface area contributed by atoms with E-state index < -0.39 is 136 Å². The average Bonchev–Trinajstić information content (AvgIpc) is 2.95. The van der Waals surface area contributed by atoms with Gasteiger partial charge in [0.25, 0.3) is 0 Å². The second kappa shape index (κ2) is 21.2. The highest BCUT2D eigenvalue weighted by Crippen LogP contribution is 2.45. The Morgan fingerprint density at radius 2 is 0.490 bits per heavy atom. The molecule has 49 heavy (non-hydrogen) atoms. The van der Waals surface area contributed by atoms with Gasteiger partial charge in [-0.3, -0.25) is 20.8 Å². The van der Waals surface area contributed by atoms with Gasteiger partial charge in [-0.25, -0.2) is 13.2 Å². The lowest BCUT2D eigenvalue weighted by Gasteiger charge is -2.41. The highest BCUT2D eigenvalue weighted by atomic mass is 19.4. The van der Waals surface area contributed by atoms with E-state index >= 15 is 0 Å². The van der Waals surface area contributed by atoms with Crippen LogP contribution < -0.4 is 15.1 Å². The average molecular weight is 773 g/mol. The van der Waals surface area contributed by atoms with E-state index in [1.165, 1.54) is 41.5 Å². The molecule has 0 aromatic carbocycles. The summed E-state index contributed by atoms with van der Waals surface area (Å²) in [5, 5.41) is 25.2. The first-order chi connectivity index (χ1) is 21.8. The van der Waals surface area contributed by atoms with Gasteiger partial charge >= 0.3 is 36.7 Å². The number of hydrogen-bond acceptors (Lipinski definition) is 3. The van der Waals surface area contributed by atoms with Crippen LogP contribution in [-0.2, 0) is 0 Å². The van der Waals surface area contributed by atoms with Gasteiger partial charge in [0.1, 0.15) is 39.7 Å². The minimum Gasteiger partial charge on any atom is -0.907 e. The second-order valence-electron chi connectivity index (χ2n) is 9.98. The molecule has 0 aliphatic rings. The lowest BCUT2D eigenvalue weighted by molar-refractivity contribution is -1.02. The minimum atomic E-state index is -5.64. The van der Waals surface area contributed by atoms with Crippen LogP contribution >= 0.6 is 0 Å². The van der Waals surface area contributed by atoms with Crippen molar-refractivity contribution in [3.8, 4) is 0 Å². The zero-order chi connectivity index (χ0) is 40.6. The van der Waals surface area contributed by atoms with Crippen molar-refractivity contribution in [3.05, 3.63) is 0 Å². The van der Waals surface area contributed by atoms with Gasteiger partial charge < -0.3 is 15.1 Å². The Labute approximate surface area is 272 Å². The van der Waals surface area contributed by atoms with Crippen LogP contribution in [0.15, 0.2) is 0 Å². The molecular weight excluding hydrogens is 731 g/mol. The highest BCUT2D eigenvalue weighted by molar-refractivity contribution is 6.24. The number of alkyl halides is 18. The van der Waals surface area contributed by atoms with E-state index in [4.69, 9.17) is 15.1 Å². The van der Waals surface area contributed by atoms with E-state index in [2.05, 4.69) is 0 Å². The molecule has 0 radical (unpaired) electrons. The van der Waals surface area contributed by atoms with Crippen molar-refractivity contribution in [1.29, 1.82) is 0 Å². The number of nitrogens with zero attached hydrogens (tertiary/aromatic N) is 3. The lowest BCUT2D eigenvalue weighted by Crippen LogP contribution is -2.66. The predicted octanol–water partition coefficient (Wildman–Crippen LogP) is 4.96. The summed E-state index contributed by atoms with van der Waals surface area (Å²) < 4.78 is 219. The van der Waals surface area contributed by atoms with Crippen molar-refractivity contribution in [2.24, 2.45) is 0 Å². The molecule has 300 valence electrons. The molecule has 0 saturated heterocycles. The van der Waals surface area contributed by atoms with Crippen molar-refractivity contribution in [1.82, 2.24) is 0 Å². The Bertz CT molecular complexity index is 756. The van der Waals surface area contributed by atoms with E-state index in [-0.39, 0.29) is 0 Å². The molecular formula is C24H42BF18N3O3. The lowest BCUT2D eigenvalue weighted by atomic mass is 10.3. The first-order valence-corrected chi connectivity index (χ1v) is 14.4. The Hall–Kier alpha value is -1.44. The van der Waals surface area contributed by atoms with Gasteiger partial charge in [-0.05, 0) is 41.5 Å². The molecule has 0 saturated carbocycles. The SMILES string of the molecule is CC[N+](CC)(CCF)C(F)(F)C(F)(F)F.CC[N+](CC)(CCF)C(F)(F)C(F)(F)F.CC[N+](CC)(CCF)C(F)(F)C(F)(F)F.[O-]B([O-])[O-]. The van der Waals surface area contributed by atoms with Crippen LogP contribution in [0.3, 0.4) is 0 Å². The van der Waals surface area contributed by atoms with Gasteiger partial charge in [-0.1, -0.05) is 0 Å². The van der Waals surface area contributed by atoms with Crippen LogP contribution in [0.4, 0.5) is 79.0 Å². The zero-order valence-electron chi connectivity index (χ0n) is 27.4. The molecule has 0 atom stereocenters. The normalized spacial score (nSPS) is 13.8. The van der Waals surface area contributed by atoms with Crippen molar-refractivity contribution in [3.63, 3.8) is 0 Å². The van der Waals surface area contributed by atoms with E-state index in [9.17, 15) is 79.0 Å². The van der Waals surface area contributed by atoms with E-state index in [1.54, 1.807) is 0 Å². The molecule has 0 N–H and O–H groups in total. The molecule has 0 rings (SSSR count). The van der Waals surface area contributed by atoms with Crippen molar-refractivity contribution < 1.29 is 108 Å². The third-order valence-corrected chi connectivity index (χ3v) is 7.98. The molecule has 0 bridgehead atoms. The number of quaternary nitrogens is 3. The fraction of sp³-hybridized carbons (Fsp3) is 1.00. The van der Waals surface area contributed by atoms with E-state index in [0.717, 1.165) is 0 Å². The molecule has 0 aliphatic carbocycles. The Kier molecular flexibility index (Phi) is 23.5. The summed E-state index contributed by atoms with van der Waals surface area (Å²) in [5.41, 5.74) is 0. The molecule has 0 aliphatic heterocycles. The molecule has 0 spiro atoms. The first kappa shape index (κ1) is 54.3. The zero-order valence-corrected chi connectivity index (χ0v) is 27.4. The standard InChI is InChI=1S/3C8H14F6N.BO3/c3*1-3-15(4-2,6-5-9)8(13,14)7(10,11)12;2-1(3)4/h3*3-6H2,1-2H3;/q3*+1;-3. The minimum absolute atomic E-state index is 0.465. The van der Waals surface area contributed by atoms with Crippen LogP contribution in [0.2, 0.25) is 0 Å². The molecule has 0 unspecified atom stereocenters. The molecule has 25 heteroatoms. The van der Waals surface area contributed by atoms with Crippen LogP contribution in [-0.4, -0.2) is 136 Å². The summed E-state index contributed by atoms with van der Waals surface area (Å²) in [6.07, 6.45) is -16.9. The summed E-state index contributed by atoms with van der Waals surface area (Å²) in [7, 11) is -2.92. The summed E-state index contributed by atoms with van der Waals surface area (Å²) in [6.45, 7) is -1.74. The summed E-state index contributed by atoms with van der Waals surface area (Å²) in [4.78, 5) is 0. The number of halogens is 18. The Morgan fingerprint density at radius 3 is 0.551 bits per heavy atom. The molecule has 0 fully saturated rings. The fourth-order valence-electron chi connectivity index (χ4n) is 4.52. The van der Waals surface area contributed by atoms with E-state index in [0.29, 0.717) is 0 Å². The number of rotatable bonds is 15. The molecule has 6 nitrogen and oxygen atoms in total. The molecule has 0 aromatic heterocycles. The van der Waals surface area contributed by atoms with Gasteiger partial charge in [0.05, 0.1) is 39.3 Å². The van der Waals surface area contributed by atoms with Gasteiger partial charge in [-0.15, -0.1) is 26.3 Å². The van der Waals surface area contributed by atoms with Gasteiger partial charge in [0.15, 0.2) is 0 Å². The van der Waals surface area contributed by atoms with Crippen LogP contribution in [0, 0.1) is 0 Å². The third-order valence-electron chi connectivity index (χ3n) is 7.98. The summed E-state index contributed by atoms with van der Waals surface area (Å²) in [6, 6.07) is -14.7. The maximum Gasteiger partial charge on any atom is 0.515 e. The van der Waals surface area contributed by atoms with Gasteiger partial charge in [-0.2, -0.15) is 39.5 Å². The molecule has 0 aromatic rings. The predicted molar refractivity (Wildman–Crippen MR) is 135 cm³/mol. The smallest absolute Gasteiger partial charge is 0.515 e. The second-order valence-corrected chi connectivity index (χ2v) is 9.98. The largest absolute Gasteiger partial charge is 0.907 e. The Balaban J connectivity index is -0.000000293. The van der Waals surface area contributed by atoms with Gasteiger partial charge in [0, 0.05) is 0 Å². The monoisotopic (exact) mass is 773 g/mol. The summed E-state index contributed by atoms with van der Waals surface area (Å²) in [5.74, 6) is 0. The topological polar surface area (TPSA) is 69.2 Å². The van der Waals surface area contributed by atoms with Crippen molar-refractivity contribution in [2.75, 3.05) is 78.9 Å². The maximum absolute atomic E-state index is 13.1. The van der Waals surface area contributed by atoms with Gasteiger partial charge in [0.2, 0.25) is 0 Å². The van der Waals surface area contributed by atoms with Crippen molar-refractivity contribution in [2.45, 2.75) is 78.2 Å². The van der Waals surface area contributed by atoms with Crippen molar-refractivity contribution >= 4 is 7.32 Å². The summed E-state index contributed by atoms with van der Waals surface area (Å²) >= 11 is 0. The first-order valence-electron chi connectivity index (χ1n) is 14.4. The third kappa shape index (κ3) is 13.6. The van der Waals surface area contributed by atoms with Crippen LogP contribution in [0.1, 0.15) is 41.5 Å². The maximum atomic E-state index is 13.1. The Morgan fingerprint density at radius 1 is 0.367 bits per heavy atom. The fourth-order valence-corrected chi connectivity index (χ4v) is 4.52. The van der Waals surface area contributed by atoms with E-state index in [1.807, 2.05) is 0 Å². The highest BCUT2D eigenvalue weighted by Gasteiger charge is 2.73. The van der Waals surface area contributed by atoms with Crippen LogP contribution in [0.25, 0.3) is 0 Å². The molecule has 0 heterocycles. The number of hydrogen-bond donors (Lipinski definition) is 0. The quantitative estimate of drug-likeness (QED) is 0.102.